The van der Waals surface area contributed by atoms with E-state index in [0.29, 0.717) is 25.3 Å². The Kier molecular flexibility index (Phi) is 8.33. The third-order valence-electron chi connectivity index (χ3n) is 8.31. The van der Waals surface area contributed by atoms with E-state index in [-0.39, 0.29) is 42.9 Å². The average molecular weight is 600 g/mol. The van der Waals surface area contributed by atoms with Crippen molar-refractivity contribution < 1.29 is 19.1 Å². The molecule has 0 saturated carbocycles. The molecule has 0 N–H and O–H groups in total. The summed E-state index contributed by atoms with van der Waals surface area (Å²) >= 11 is 6.54. The SMILES string of the molecule is COC(=O)CC1CN(C(=O)OCc2ccccc2)C(C)CN1c1nc(Cl)nc2c1CCN(c1cccc3ccccc13)C2. The number of rotatable bonds is 6. The number of hydrogen-bond acceptors (Lipinski definition) is 8. The van der Waals surface area contributed by atoms with Crippen molar-refractivity contribution in [3.8, 4) is 0 Å². The second-order valence-corrected chi connectivity index (χ2v) is 11.4. The van der Waals surface area contributed by atoms with Crippen LogP contribution >= 0.6 is 11.6 Å². The lowest BCUT2D eigenvalue weighted by Gasteiger charge is -2.46. The highest BCUT2D eigenvalue weighted by molar-refractivity contribution is 6.28. The molecule has 6 rings (SSSR count). The zero-order valence-electron chi connectivity index (χ0n) is 24.3. The summed E-state index contributed by atoms with van der Waals surface area (Å²) in [6, 6.07) is 23.7. The topological polar surface area (TPSA) is 88.1 Å². The summed E-state index contributed by atoms with van der Waals surface area (Å²) in [6.07, 6.45) is 0.382. The third kappa shape index (κ3) is 6.08. The molecule has 2 atom stereocenters. The number of anilines is 2. The van der Waals surface area contributed by atoms with Crippen LogP contribution in [0.15, 0.2) is 72.8 Å². The van der Waals surface area contributed by atoms with Gasteiger partial charge >= 0.3 is 12.1 Å². The lowest BCUT2D eigenvalue weighted by molar-refractivity contribution is -0.141. The van der Waals surface area contributed by atoms with Gasteiger partial charge in [0.25, 0.3) is 0 Å². The van der Waals surface area contributed by atoms with Gasteiger partial charge in [0.2, 0.25) is 5.28 Å². The first-order chi connectivity index (χ1) is 20.9. The number of halogens is 1. The van der Waals surface area contributed by atoms with Gasteiger partial charge in [-0.05, 0) is 42.0 Å². The van der Waals surface area contributed by atoms with E-state index in [4.69, 9.17) is 26.1 Å². The lowest BCUT2D eigenvalue weighted by atomic mass is 9.99. The van der Waals surface area contributed by atoms with Crippen molar-refractivity contribution >= 4 is 45.9 Å². The number of fused-ring (bicyclic) bond motifs is 2. The van der Waals surface area contributed by atoms with Gasteiger partial charge in [0.05, 0.1) is 31.8 Å². The fraction of sp³-hybridized carbons (Fsp3) is 0.333. The molecule has 0 radical (unpaired) electrons. The minimum absolute atomic E-state index is 0.0875. The van der Waals surface area contributed by atoms with Crippen molar-refractivity contribution in [2.45, 2.75) is 45.0 Å². The van der Waals surface area contributed by atoms with Crippen molar-refractivity contribution in [3.05, 3.63) is 94.9 Å². The van der Waals surface area contributed by atoms with E-state index >= 15 is 0 Å². The van der Waals surface area contributed by atoms with E-state index in [0.717, 1.165) is 29.1 Å². The number of carbonyl (C=O) groups is 2. The largest absolute Gasteiger partial charge is 0.469 e. The Morgan fingerprint density at radius 2 is 1.74 bits per heavy atom. The van der Waals surface area contributed by atoms with Crippen molar-refractivity contribution in [2.75, 3.05) is 36.5 Å². The maximum atomic E-state index is 13.2. The summed E-state index contributed by atoms with van der Waals surface area (Å²) in [6.45, 7) is 4.25. The molecule has 0 bridgehead atoms. The normalized spacial score (nSPS) is 18.3. The van der Waals surface area contributed by atoms with Crippen LogP contribution in [0.2, 0.25) is 5.28 Å². The molecule has 2 aliphatic rings. The lowest BCUT2D eigenvalue weighted by Crippen LogP contribution is -2.60. The molecule has 4 aromatic rings. The Balaban J connectivity index is 1.26. The van der Waals surface area contributed by atoms with E-state index in [9.17, 15) is 9.59 Å². The summed E-state index contributed by atoms with van der Waals surface area (Å²) in [4.78, 5) is 41.2. The van der Waals surface area contributed by atoms with Crippen LogP contribution in [-0.4, -0.2) is 65.8 Å². The first-order valence-corrected chi connectivity index (χ1v) is 14.9. The van der Waals surface area contributed by atoms with E-state index in [1.54, 1.807) is 4.90 Å². The van der Waals surface area contributed by atoms with E-state index in [1.165, 1.54) is 17.9 Å². The number of piperazine rings is 1. The van der Waals surface area contributed by atoms with Gasteiger partial charge in [0.1, 0.15) is 12.4 Å². The molecule has 1 saturated heterocycles. The van der Waals surface area contributed by atoms with Gasteiger partial charge in [0.15, 0.2) is 0 Å². The zero-order chi connectivity index (χ0) is 29.9. The van der Waals surface area contributed by atoms with Crippen LogP contribution in [0, 0.1) is 0 Å². The standard InChI is InChI=1S/C33H34ClN5O4/c1-22-18-39(25(17-30(40)42-2)19-38(22)33(41)43-21-23-9-4-3-5-10-23)31-27-15-16-37(20-28(27)35-32(34)36-31)29-14-8-12-24-11-6-7-13-26(24)29/h3-14,22,25H,15-21H2,1-2H3. The molecule has 3 heterocycles. The van der Waals surface area contributed by atoms with Crippen LogP contribution in [0.25, 0.3) is 10.8 Å². The van der Waals surface area contributed by atoms with Crippen molar-refractivity contribution in [2.24, 2.45) is 0 Å². The van der Waals surface area contributed by atoms with Crippen LogP contribution in [-0.2, 0) is 33.8 Å². The monoisotopic (exact) mass is 599 g/mol. The summed E-state index contributed by atoms with van der Waals surface area (Å²) in [5.74, 6) is 0.351. The van der Waals surface area contributed by atoms with Crippen LogP contribution in [0.4, 0.5) is 16.3 Å². The van der Waals surface area contributed by atoms with E-state index in [2.05, 4.69) is 51.2 Å². The fourth-order valence-electron chi connectivity index (χ4n) is 6.11. The minimum atomic E-state index is -0.417. The van der Waals surface area contributed by atoms with Gasteiger partial charge in [-0.1, -0.05) is 66.7 Å². The molecule has 0 aliphatic carbocycles. The summed E-state index contributed by atoms with van der Waals surface area (Å²) in [5.41, 5.74) is 3.94. The van der Waals surface area contributed by atoms with Crippen molar-refractivity contribution in [1.29, 1.82) is 0 Å². The number of hydrogen-bond donors (Lipinski definition) is 0. The highest BCUT2D eigenvalue weighted by atomic mass is 35.5. The van der Waals surface area contributed by atoms with Crippen molar-refractivity contribution in [1.82, 2.24) is 14.9 Å². The molecule has 10 heteroatoms. The number of benzene rings is 3. The van der Waals surface area contributed by atoms with Gasteiger partial charge < -0.3 is 24.2 Å². The number of esters is 1. The number of methoxy groups -OCH3 is 1. The smallest absolute Gasteiger partial charge is 0.410 e. The molecule has 9 nitrogen and oxygen atoms in total. The molecule has 222 valence electrons. The zero-order valence-corrected chi connectivity index (χ0v) is 25.0. The number of amides is 1. The molecule has 1 amide bonds. The predicted molar refractivity (Wildman–Crippen MR) is 166 cm³/mol. The van der Waals surface area contributed by atoms with Crippen LogP contribution < -0.4 is 9.80 Å². The van der Waals surface area contributed by atoms with Gasteiger partial charge in [-0.2, -0.15) is 0 Å². The second-order valence-electron chi connectivity index (χ2n) is 11.0. The molecule has 2 unspecified atom stereocenters. The predicted octanol–water partition coefficient (Wildman–Crippen LogP) is 5.62. The number of ether oxygens (including phenoxy) is 2. The molecular weight excluding hydrogens is 566 g/mol. The Hall–Kier alpha value is -4.37. The van der Waals surface area contributed by atoms with Crippen LogP contribution in [0.3, 0.4) is 0 Å². The Morgan fingerprint density at radius 3 is 2.56 bits per heavy atom. The third-order valence-corrected chi connectivity index (χ3v) is 8.48. The number of aromatic nitrogens is 2. The van der Waals surface area contributed by atoms with Gasteiger partial charge in [0, 0.05) is 42.3 Å². The Morgan fingerprint density at radius 1 is 0.977 bits per heavy atom. The molecule has 1 aromatic heterocycles. The average Bonchev–Trinajstić information content (AvgIpc) is 3.03. The fourth-order valence-corrected chi connectivity index (χ4v) is 6.29. The van der Waals surface area contributed by atoms with Gasteiger partial charge in [-0.3, -0.25) is 4.79 Å². The maximum absolute atomic E-state index is 13.2. The summed E-state index contributed by atoms with van der Waals surface area (Å²) < 4.78 is 10.7. The molecular formula is C33H34ClN5O4. The molecule has 1 fully saturated rings. The maximum Gasteiger partial charge on any atom is 0.410 e. The van der Waals surface area contributed by atoms with Gasteiger partial charge in [-0.25, -0.2) is 14.8 Å². The van der Waals surface area contributed by atoms with E-state index in [1.807, 2.05) is 43.3 Å². The summed E-state index contributed by atoms with van der Waals surface area (Å²) in [7, 11) is 1.37. The summed E-state index contributed by atoms with van der Waals surface area (Å²) in [5, 5.41) is 2.53. The number of carbonyl (C=O) groups excluding carboxylic acids is 2. The highest BCUT2D eigenvalue weighted by Crippen LogP contribution is 2.35. The molecule has 43 heavy (non-hydrogen) atoms. The molecule has 2 aliphatic heterocycles. The van der Waals surface area contributed by atoms with Gasteiger partial charge in [-0.15, -0.1) is 0 Å². The van der Waals surface area contributed by atoms with Crippen molar-refractivity contribution in [3.63, 3.8) is 0 Å². The minimum Gasteiger partial charge on any atom is -0.469 e. The Labute approximate surface area is 256 Å². The quantitative estimate of drug-likeness (QED) is 0.208. The number of nitrogens with zero attached hydrogens (tertiary/aromatic N) is 5. The first kappa shape index (κ1) is 28.7. The molecule has 0 spiro atoms. The highest BCUT2D eigenvalue weighted by Gasteiger charge is 2.39. The first-order valence-electron chi connectivity index (χ1n) is 14.5. The Bertz CT molecular complexity index is 1630. The van der Waals surface area contributed by atoms with E-state index < -0.39 is 6.09 Å². The van der Waals surface area contributed by atoms with Crippen LogP contribution in [0.5, 0.6) is 0 Å². The molecule has 3 aromatic carbocycles. The second kappa shape index (κ2) is 12.5. The van der Waals surface area contributed by atoms with Crippen LogP contribution in [0.1, 0.15) is 30.2 Å².